The Labute approximate surface area is 123 Å². The van der Waals surface area contributed by atoms with Crippen LogP contribution in [0.25, 0.3) is 0 Å². The van der Waals surface area contributed by atoms with E-state index in [2.05, 4.69) is 15.9 Å². The Balaban J connectivity index is 1.96. The minimum Gasteiger partial charge on any atom is -0.488 e. The molecular formula is C13H15BrF3NO2. The summed E-state index contributed by atoms with van der Waals surface area (Å²) < 4.78 is 43.9. The van der Waals surface area contributed by atoms with Crippen molar-refractivity contribution in [2.75, 3.05) is 26.2 Å². The van der Waals surface area contributed by atoms with Crippen molar-refractivity contribution in [2.24, 2.45) is 0 Å². The second-order valence-corrected chi connectivity index (χ2v) is 5.69. The van der Waals surface area contributed by atoms with Crippen molar-refractivity contribution < 1.29 is 23.0 Å². The van der Waals surface area contributed by atoms with Crippen molar-refractivity contribution >= 4 is 15.9 Å². The van der Waals surface area contributed by atoms with E-state index in [1.165, 1.54) is 4.90 Å². The molecule has 0 bridgehead atoms. The highest BCUT2D eigenvalue weighted by Crippen LogP contribution is 2.31. The predicted octanol–water partition coefficient (Wildman–Crippen LogP) is 2.61. The maximum absolute atomic E-state index is 12.4. The van der Waals surface area contributed by atoms with E-state index >= 15 is 0 Å². The van der Waals surface area contributed by atoms with E-state index in [9.17, 15) is 13.2 Å². The van der Waals surface area contributed by atoms with Gasteiger partial charge >= 0.3 is 6.18 Å². The summed E-state index contributed by atoms with van der Waals surface area (Å²) in [7, 11) is 0. The minimum absolute atomic E-state index is 0.0145. The maximum atomic E-state index is 12.4. The number of nitrogens with zero attached hydrogens (tertiary/aromatic N) is 1. The van der Waals surface area contributed by atoms with Crippen molar-refractivity contribution in [3.63, 3.8) is 0 Å². The molecule has 1 aromatic rings. The number of hydrogen-bond donors (Lipinski definition) is 1. The van der Waals surface area contributed by atoms with Gasteiger partial charge in [0.05, 0.1) is 13.2 Å². The van der Waals surface area contributed by atoms with Gasteiger partial charge in [-0.15, -0.1) is 0 Å². The Kier molecular flexibility index (Phi) is 4.93. The molecule has 1 aromatic carbocycles. The topological polar surface area (TPSA) is 32.7 Å². The maximum Gasteiger partial charge on any atom is 0.401 e. The summed E-state index contributed by atoms with van der Waals surface area (Å²) in [5.74, 6) is 0.717. The van der Waals surface area contributed by atoms with Crippen molar-refractivity contribution in [1.82, 2.24) is 4.90 Å². The largest absolute Gasteiger partial charge is 0.488 e. The Morgan fingerprint density at radius 3 is 2.80 bits per heavy atom. The third kappa shape index (κ3) is 4.36. The first-order chi connectivity index (χ1) is 9.37. The van der Waals surface area contributed by atoms with Crippen molar-refractivity contribution in [3.8, 4) is 5.75 Å². The van der Waals surface area contributed by atoms with Gasteiger partial charge in [0.25, 0.3) is 0 Å². The van der Waals surface area contributed by atoms with E-state index in [4.69, 9.17) is 9.84 Å². The van der Waals surface area contributed by atoms with Crippen LogP contribution in [0.15, 0.2) is 22.7 Å². The molecule has 112 valence electrons. The van der Waals surface area contributed by atoms with Gasteiger partial charge in [0.15, 0.2) is 0 Å². The monoisotopic (exact) mass is 353 g/mol. The van der Waals surface area contributed by atoms with Crippen LogP contribution in [0.5, 0.6) is 5.75 Å². The number of aliphatic hydroxyl groups is 1. The molecule has 7 heteroatoms. The van der Waals surface area contributed by atoms with Crippen LogP contribution in [0.2, 0.25) is 0 Å². The zero-order valence-electron chi connectivity index (χ0n) is 10.7. The smallest absolute Gasteiger partial charge is 0.401 e. The summed E-state index contributed by atoms with van der Waals surface area (Å²) in [6.07, 6.45) is -4.01. The first-order valence-electron chi connectivity index (χ1n) is 6.22. The summed E-state index contributed by atoms with van der Waals surface area (Å²) in [5.41, 5.74) is 0.986. The van der Waals surface area contributed by atoms with E-state index in [1.807, 2.05) is 12.1 Å². The van der Waals surface area contributed by atoms with Gasteiger partial charge in [-0.2, -0.15) is 13.2 Å². The standard InChI is InChI=1S/C13H15BrF3NO2/c14-10-1-2-12-9(5-10)6-11(20-12)7-18(3-4-19)8-13(15,16)17/h1-2,5,11,19H,3-4,6-8H2. The van der Waals surface area contributed by atoms with Gasteiger partial charge in [-0.05, 0) is 23.8 Å². The van der Waals surface area contributed by atoms with Crippen LogP contribution in [0.4, 0.5) is 13.2 Å². The number of alkyl halides is 3. The lowest BCUT2D eigenvalue weighted by atomic mass is 10.1. The molecule has 1 aliphatic heterocycles. The molecule has 2 rings (SSSR count). The van der Waals surface area contributed by atoms with Crippen molar-refractivity contribution in [1.29, 1.82) is 0 Å². The van der Waals surface area contributed by atoms with Crippen LogP contribution in [-0.2, 0) is 6.42 Å². The van der Waals surface area contributed by atoms with Crippen molar-refractivity contribution in [2.45, 2.75) is 18.7 Å². The highest BCUT2D eigenvalue weighted by molar-refractivity contribution is 9.10. The first-order valence-corrected chi connectivity index (χ1v) is 7.02. The highest BCUT2D eigenvalue weighted by atomic mass is 79.9. The molecule has 1 unspecified atom stereocenters. The van der Waals surface area contributed by atoms with Gasteiger partial charge in [-0.25, -0.2) is 0 Å². The predicted molar refractivity (Wildman–Crippen MR) is 71.8 cm³/mol. The first kappa shape index (κ1) is 15.6. The van der Waals surface area contributed by atoms with Gasteiger partial charge in [0, 0.05) is 24.0 Å². The SMILES string of the molecule is OCCN(CC1Cc2cc(Br)ccc2O1)CC(F)(F)F. The molecule has 3 nitrogen and oxygen atoms in total. The lowest BCUT2D eigenvalue weighted by Crippen LogP contribution is -2.42. The van der Waals surface area contributed by atoms with Gasteiger partial charge in [-0.1, -0.05) is 15.9 Å². The molecule has 0 saturated heterocycles. The molecule has 0 spiro atoms. The zero-order valence-corrected chi connectivity index (χ0v) is 12.2. The van der Waals surface area contributed by atoms with E-state index in [0.29, 0.717) is 12.2 Å². The van der Waals surface area contributed by atoms with Crippen LogP contribution in [0.1, 0.15) is 5.56 Å². The minimum atomic E-state index is -4.27. The molecule has 1 N–H and O–H groups in total. The van der Waals surface area contributed by atoms with Crippen LogP contribution < -0.4 is 4.74 Å². The highest BCUT2D eigenvalue weighted by Gasteiger charge is 2.33. The second kappa shape index (κ2) is 6.32. The molecule has 0 aromatic heterocycles. The Hall–Kier alpha value is -0.790. The van der Waals surface area contributed by atoms with E-state index in [0.717, 1.165) is 10.0 Å². The average molecular weight is 354 g/mol. The molecule has 20 heavy (non-hydrogen) atoms. The molecule has 1 atom stereocenters. The molecule has 0 radical (unpaired) electrons. The fourth-order valence-electron chi connectivity index (χ4n) is 2.31. The number of halogens is 4. The summed E-state index contributed by atoms with van der Waals surface area (Å²) >= 11 is 3.35. The lowest BCUT2D eigenvalue weighted by Gasteiger charge is -2.25. The van der Waals surface area contributed by atoms with E-state index in [1.54, 1.807) is 6.07 Å². The third-order valence-electron chi connectivity index (χ3n) is 3.04. The third-order valence-corrected chi connectivity index (χ3v) is 3.54. The Morgan fingerprint density at radius 2 is 2.15 bits per heavy atom. The van der Waals surface area contributed by atoms with Gasteiger partial charge in [0.2, 0.25) is 0 Å². The van der Waals surface area contributed by atoms with Crippen LogP contribution in [0, 0.1) is 0 Å². The summed E-state index contributed by atoms with van der Waals surface area (Å²) in [6.45, 7) is -1.21. The lowest BCUT2D eigenvalue weighted by molar-refractivity contribution is -0.148. The van der Waals surface area contributed by atoms with Gasteiger partial charge in [0.1, 0.15) is 11.9 Å². The number of fused-ring (bicyclic) bond motifs is 1. The number of aliphatic hydroxyl groups excluding tert-OH is 1. The fourth-order valence-corrected chi connectivity index (χ4v) is 2.72. The molecule has 0 saturated carbocycles. The summed E-state index contributed by atoms with van der Waals surface area (Å²) in [5, 5.41) is 8.86. The number of ether oxygens (including phenoxy) is 1. The average Bonchev–Trinajstić information content (AvgIpc) is 2.68. The molecule has 1 heterocycles. The quantitative estimate of drug-likeness (QED) is 0.883. The van der Waals surface area contributed by atoms with Crippen LogP contribution in [-0.4, -0.2) is 48.5 Å². The van der Waals surface area contributed by atoms with Crippen molar-refractivity contribution in [3.05, 3.63) is 28.2 Å². The fraction of sp³-hybridized carbons (Fsp3) is 0.538. The molecule has 0 aliphatic carbocycles. The van der Waals surface area contributed by atoms with Crippen LogP contribution >= 0.6 is 15.9 Å². The normalized spacial score (nSPS) is 18.2. The summed E-state index contributed by atoms with van der Waals surface area (Å²) in [4.78, 5) is 1.17. The molecule has 0 amide bonds. The van der Waals surface area contributed by atoms with Gasteiger partial charge in [-0.3, -0.25) is 4.90 Å². The molecule has 0 fully saturated rings. The number of hydrogen-bond acceptors (Lipinski definition) is 3. The van der Waals surface area contributed by atoms with Gasteiger partial charge < -0.3 is 9.84 Å². The second-order valence-electron chi connectivity index (χ2n) is 4.77. The molecule has 1 aliphatic rings. The Bertz CT molecular complexity index is 467. The van der Waals surface area contributed by atoms with E-state index < -0.39 is 12.7 Å². The van der Waals surface area contributed by atoms with E-state index in [-0.39, 0.29) is 25.8 Å². The number of rotatable bonds is 5. The van der Waals surface area contributed by atoms with Crippen LogP contribution in [0.3, 0.4) is 0 Å². The zero-order chi connectivity index (χ0) is 14.8. The molecular weight excluding hydrogens is 339 g/mol. The Morgan fingerprint density at radius 1 is 1.40 bits per heavy atom. The summed E-state index contributed by atoms with van der Waals surface area (Å²) in [6, 6.07) is 5.55. The number of benzene rings is 1.